The Morgan fingerprint density at radius 2 is 1.40 bits per heavy atom. The van der Waals surface area contributed by atoms with E-state index in [0.29, 0.717) is 38.0 Å². The smallest absolute Gasteiger partial charge is 0.462 e. The third-order valence-electron chi connectivity index (χ3n) is 7.49. The molecule has 0 amide bonds. The summed E-state index contributed by atoms with van der Waals surface area (Å²) >= 11 is 0. The van der Waals surface area contributed by atoms with Gasteiger partial charge in [0, 0.05) is 12.8 Å². The number of ether oxygens (including phenoxy) is 2. The molecule has 4 N–H and O–H groups in total. The second kappa shape index (κ2) is 32.8. The second-order valence-electron chi connectivity index (χ2n) is 12.9. The number of rotatable bonds is 33. The van der Waals surface area contributed by atoms with Crippen LogP contribution in [0.25, 0.3) is 0 Å². The summed E-state index contributed by atoms with van der Waals surface area (Å²) in [5.41, 5.74) is 0. The molecule has 1 unspecified atom stereocenters. The van der Waals surface area contributed by atoms with Gasteiger partial charge in [0.25, 0.3) is 0 Å². The summed E-state index contributed by atoms with van der Waals surface area (Å²) in [5.74, 6) is -0.339. The lowest BCUT2D eigenvalue weighted by Gasteiger charge is -2.20. The van der Waals surface area contributed by atoms with E-state index in [-0.39, 0.29) is 19.4 Å². The van der Waals surface area contributed by atoms with Crippen LogP contribution in [0.15, 0.2) is 48.6 Å². The fourth-order valence-electron chi connectivity index (χ4n) is 4.55. The fourth-order valence-corrected chi connectivity index (χ4v) is 5.34. The highest BCUT2D eigenvalue weighted by atomic mass is 31.2. The normalized spacial score (nSPS) is 15.4. The van der Waals surface area contributed by atoms with Gasteiger partial charge in [-0.05, 0) is 50.9 Å². The molecular weight excluding hydrogens is 663 g/mol. The maximum Gasteiger partial charge on any atom is 0.472 e. The first kappa shape index (κ1) is 47.9. The number of phosphoric acid groups is 1. The highest BCUT2D eigenvalue weighted by Gasteiger charge is 2.27. The minimum atomic E-state index is -4.63. The third-order valence-corrected chi connectivity index (χ3v) is 8.45. The molecule has 0 aromatic carbocycles. The molecule has 0 saturated carbocycles. The van der Waals surface area contributed by atoms with Crippen LogP contribution >= 0.6 is 7.82 Å². The summed E-state index contributed by atoms with van der Waals surface area (Å²) in [6.07, 6.45) is 27.3. The van der Waals surface area contributed by atoms with Gasteiger partial charge >= 0.3 is 19.8 Å². The van der Waals surface area contributed by atoms with E-state index < -0.39 is 57.9 Å². The number of hydrogen-bond donors (Lipinski definition) is 4. The maximum absolute atomic E-state index is 12.5. The van der Waals surface area contributed by atoms with E-state index in [9.17, 15) is 29.3 Å². The molecule has 0 aliphatic carbocycles. The van der Waals surface area contributed by atoms with Gasteiger partial charge in [-0.1, -0.05) is 121 Å². The third kappa shape index (κ3) is 33.1. The monoisotopic (exact) mass is 730 g/mol. The lowest BCUT2D eigenvalue weighted by molar-refractivity contribution is -0.161. The number of carbonyl (C=O) groups excluding carboxylic acids is 2. The number of phosphoric ester groups is 1. The van der Waals surface area contributed by atoms with Crippen LogP contribution < -0.4 is 0 Å². The zero-order valence-electron chi connectivity index (χ0n) is 30.9. The van der Waals surface area contributed by atoms with E-state index in [2.05, 4.69) is 31.4 Å². The van der Waals surface area contributed by atoms with Crippen LogP contribution in [0.1, 0.15) is 130 Å². The van der Waals surface area contributed by atoms with Crippen molar-refractivity contribution in [2.24, 2.45) is 5.92 Å². The Balaban J connectivity index is 4.53. The van der Waals surface area contributed by atoms with E-state index in [1.165, 1.54) is 38.5 Å². The van der Waals surface area contributed by atoms with Crippen molar-refractivity contribution in [2.45, 2.75) is 148 Å². The Morgan fingerprint density at radius 1 is 0.740 bits per heavy atom. The minimum Gasteiger partial charge on any atom is -0.462 e. The van der Waals surface area contributed by atoms with E-state index in [1.807, 2.05) is 36.5 Å². The topological polar surface area (TPSA) is 169 Å². The second-order valence-corrected chi connectivity index (χ2v) is 14.4. The van der Waals surface area contributed by atoms with Crippen molar-refractivity contribution in [3.05, 3.63) is 48.6 Å². The molecule has 0 aromatic heterocycles. The van der Waals surface area contributed by atoms with Crippen LogP contribution in [0.2, 0.25) is 0 Å². The Labute approximate surface area is 301 Å². The van der Waals surface area contributed by atoms with Crippen LogP contribution in [-0.4, -0.2) is 76.9 Å². The number of esters is 2. The summed E-state index contributed by atoms with van der Waals surface area (Å²) in [5, 5.41) is 28.2. The van der Waals surface area contributed by atoms with Crippen molar-refractivity contribution >= 4 is 19.8 Å². The van der Waals surface area contributed by atoms with Gasteiger partial charge in [0.05, 0.1) is 25.9 Å². The lowest BCUT2D eigenvalue weighted by atomic mass is 10.0. The molecule has 0 aromatic rings. The van der Waals surface area contributed by atoms with Crippen molar-refractivity contribution in [3.8, 4) is 0 Å². The summed E-state index contributed by atoms with van der Waals surface area (Å²) in [6, 6.07) is 0. The molecule has 0 aliphatic heterocycles. The van der Waals surface area contributed by atoms with E-state index >= 15 is 0 Å². The molecule has 0 radical (unpaired) electrons. The SMILES string of the molecule is CCCCC/C=C\C[C@@H](O)/C=C/C=C\C/C=C\CCCC(=O)OC[C@H](COP(=O)(O)OC[C@@H](O)CO)OC(=O)CCCCCCCCC(C)C. The summed E-state index contributed by atoms with van der Waals surface area (Å²) in [6.45, 7) is 4.37. The molecule has 50 heavy (non-hydrogen) atoms. The first-order chi connectivity index (χ1) is 24.0. The van der Waals surface area contributed by atoms with Crippen molar-refractivity contribution in [1.29, 1.82) is 0 Å². The standard InChI is InChI=1S/C38H67O11P/c1-4-5-6-7-15-20-25-34(40)26-21-16-10-8-9-11-17-22-27-37(42)46-31-36(32-48-50(44,45)47-30-35(41)29-39)49-38(43)28-23-18-13-12-14-19-24-33(2)3/h9-11,15-16,20-21,26,33-36,39-41H,4-8,12-14,17-19,22-25,27-32H2,1-3H3,(H,44,45)/b11-9-,16-10-,20-15-,26-21+/t34-,35+,36-/m1/s1. The number of allylic oxidation sites excluding steroid dienone is 6. The van der Waals surface area contributed by atoms with Gasteiger partial charge < -0.3 is 29.7 Å². The highest BCUT2D eigenvalue weighted by molar-refractivity contribution is 7.47. The minimum absolute atomic E-state index is 0.132. The molecular formula is C38H67O11P. The molecule has 0 saturated heterocycles. The van der Waals surface area contributed by atoms with Crippen molar-refractivity contribution in [3.63, 3.8) is 0 Å². The van der Waals surface area contributed by atoms with Crippen LogP contribution in [0.4, 0.5) is 0 Å². The molecule has 0 spiro atoms. The zero-order valence-corrected chi connectivity index (χ0v) is 31.8. The average Bonchev–Trinajstić information content (AvgIpc) is 3.08. The molecule has 0 aliphatic rings. The van der Waals surface area contributed by atoms with Crippen molar-refractivity contribution in [1.82, 2.24) is 0 Å². The number of unbranched alkanes of at least 4 members (excludes halogenated alkanes) is 9. The number of aliphatic hydroxyl groups is 3. The molecule has 12 heteroatoms. The Hall–Kier alpha value is -2.11. The molecule has 290 valence electrons. The molecule has 0 bridgehead atoms. The van der Waals surface area contributed by atoms with Gasteiger partial charge in [-0.3, -0.25) is 18.6 Å². The van der Waals surface area contributed by atoms with Crippen LogP contribution in [-0.2, 0) is 32.7 Å². The molecule has 0 fully saturated rings. The van der Waals surface area contributed by atoms with E-state index in [0.717, 1.165) is 25.7 Å². The maximum atomic E-state index is 12.5. The predicted octanol–water partition coefficient (Wildman–Crippen LogP) is 7.82. The average molecular weight is 731 g/mol. The van der Waals surface area contributed by atoms with Crippen LogP contribution in [0.5, 0.6) is 0 Å². The van der Waals surface area contributed by atoms with Crippen LogP contribution in [0.3, 0.4) is 0 Å². The number of carbonyl (C=O) groups is 2. The Morgan fingerprint density at radius 3 is 2.12 bits per heavy atom. The zero-order chi connectivity index (χ0) is 37.3. The quantitative estimate of drug-likeness (QED) is 0.0171. The van der Waals surface area contributed by atoms with Gasteiger partial charge in [-0.2, -0.15) is 0 Å². The van der Waals surface area contributed by atoms with Crippen molar-refractivity contribution in [2.75, 3.05) is 26.4 Å². The number of aliphatic hydroxyl groups excluding tert-OH is 3. The first-order valence-corrected chi connectivity index (χ1v) is 20.1. The highest BCUT2D eigenvalue weighted by Crippen LogP contribution is 2.43. The van der Waals surface area contributed by atoms with Gasteiger partial charge in [0.2, 0.25) is 0 Å². The first-order valence-electron chi connectivity index (χ1n) is 18.6. The largest absolute Gasteiger partial charge is 0.472 e. The summed E-state index contributed by atoms with van der Waals surface area (Å²) in [7, 11) is -4.63. The summed E-state index contributed by atoms with van der Waals surface area (Å²) < 4.78 is 32.4. The van der Waals surface area contributed by atoms with E-state index in [4.69, 9.17) is 19.1 Å². The van der Waals surface area contributed by atoms with Crippen molar-refractivity contribution < 1.29 is 52.9 Å². The Bertz CT molecular complexity index is 1010. The van der Waals surface area contributed by atoms with E-state index in [1.54, 1.807) is 6.08 Å². The lowest BCUT2D eigenvalue weighted by Crippen LogP contribution is -2.29. The summed E-state index contributed by atoms with van der Waals surface area (Å²) in [4.78, 5) is 34.7. The predicted molar refractivity (Wildman–Crippen MR) is 197 cm³/mol. The van der Waals surface area contributed by atoms with Crippen LogP contribution in [0, 0.1) is 5.92 Å². The van der Waals surface area contributed by atoms with Gasteiger partial charge in [0.1, 0.15) is 12.7 Å². The fraction of sp³-hybridized carbons (Fsp3) is 0.737. The van der Waals surface area contributed by atoms with Gasteiger partial charge in [-0.25, -0.2) is 4.57 Å². The van der Waals surface area contributed by atoms with Gasteiger partial charge in [-0.15, -0.1) is 0 Å². The van der Waals surface area contributed by atoms with Gasteiger partial charge in [0.15, 0.2) is 6.10 Å². The molecule has 4 atom stereocenters. The molecule has 11 nitrogen and oxygen atoms in total. The molecule has 0 rings (SSSR count). The number of hydrogen-bond acceptors (Lipinski definition) is 10. The Kier molecular flexibility index (Phi) is 31.4. The molecule has 0 heterocycles.